The van der Waals surface area contributed by atoms with E-state index in [0.717, 1.165) is 32.5 Å². The molecule has 0 amide bonds. The van der Waals surface area contributed by atoms with Crippen molar-refractivity contribution in [3.05, 3.63) is 30.1 Å². The van der Waals surface area contributed by atoms with Gasteiger partial charge in [0, 0.05) is 32.0 Å². The van der Waals surface area contributed by atoms with Crippen LogP contribution < -0.4 is 0 Å². The lowest BCUT2D eigenvalue weighted by Crippen LogP contribution is -2.24. The normalized spacial score (nSPS) is 22.8. The number of likely N-dealkylation sites (tertiary alicyclic amines) is 1. The highest BCUT2D eigenvalue weighted by Gasteiger charge is 2.19. The number of aliphatic hydroxyl groups excluding tert-OH is 1. The molecule has 0 spiro atoms. The average Bonchev–Trinajstić information content (AvgIpc) is 2.63. The zero-order valence-electron chi connectivity index (χ0n) is 8.26. The Morgan fingerprint density at radius 2 is 2.50 bits per heavy atom. The molecular weight excluding hydrogens is 176 g/mol. The molecule has 0 radical (unpaired) electrons. The molecule has 1 aromatic rings. The molecule has 0 unspecified atom stereocenters. The van der Waals surface area contributed by atoms with Crippen LogP contribution in [0.2, 0.25) is 0 Å². The predicted molar refractivity (Wildman–Crippen MR) is 55.0 cm³/mol. The third-order valence-electron chi connectivity index (χ3n) is 2.69. The summed E-state index contributed by atoms with van der Waals surface area (Å²) in [5.74, 6) is 0. The lowest BCUT2D eigenvalue weighted by atomic mass is 10.2. The number of pyridine rings is 1. The van der Waals surface area contributed by atoms with E-state index in [1.165, 1.54) is 5.56 Å². The number of hydrogen-bond acceptors (Lipinski definition) is 3. The summed E-state index contributed by atoms with van der Waals surface area (Å²) in [6.07, 6.45) is 5.55. The molecule has 0 aliphatic carbocycles. The zero-order chi connectivity index (χ0) is 9.80. The van der Waals surface area contributed by atoms with Gasteiger partial charge in [-0.2, -0.15) is 0 Å². The lowest BCUT2D eigenvalue weighted by Gasteiger charge is -2.14. The van der Waals surface area contributed by atoms with E-state index in [9.17, 15) is 5.11 Å². The summed E-state index contributed by atoms with van der Waals surface area (Å²) in [5.41, 5.74) is 1.27. The van der Waals surface area contributed by atoms with Crippen LogP contribution in [0.4, 0.5) is 0 Å². The van der Waals surface area contributed by atoms with Crippen LogP contribution in [0.15, 0.2) is 24.5 Å². The minimum absolute atomic E-state index is 0.108. The highest BCUT2D eigenvalue weighted by molar-refractivity contribution is 5.08. The predicted octanol–water partition coefficient (Wildman–Crippen LogP) is 0.691. The first-order valence-corrected chi connectivity index (χ1v) is 5.14. The highest BCUT2D eigenvalue weighted by atomic mass is 16.3. The van der Waals surface area contributed by atoms with Gasteiger partial charge in [0.1, 0.15) is 0 Å². The Kier molecular flexibility index (Phi) is 3.11. The van der Waals surface area contributed by atoms with Crippen molar-refractivity contribution in [2.75, 3.05) is 19.6 Å². The van der Waals surface area contributed by atoms with Gasteiger partial charge >= 0.3 is 0 Å². The van der Waals surface area contributed by atoms with Gasteiger partial charge in [0.15, 0.2) is 0 Å². The average molecular weight is 192 g/mol. The standard InChI is InChI=1S/C11H16N2O/c14-11-4-7-13(9-11)6-3-10-2-1-5-12-8-10/h1-2,5,8,11,14H,3-4,6-7,9H2/t11-/m1/s1. The van der Waals surface area contributed by atoms with E-state index < -0.39 is 0 Å². The fourth-order valence-corrected chi connectivity index (χ4v) is 1.85. The quantitative estimate of drug-likeness (QED) is 0.765. The van der Waals surface area contributed by atoms with Crippen molar-refractivity contribution in [2.45, 2.75) is 18.9 Å². The molecule has 2 heterocycles. The number of hydrogen-bond donors (Lipinski definition) is 1. The molecule has 0 aromatic carbocycles. The molecule has 0 saturated carbocycles. The van der Waals surface area contributed by atoms with E-state index in [0.29, 0.717) is 0 Å². The van der Waals surface area contributed by atoms with Gasteiger partial charge in [-0.25, -0.2) is 0 Å². The van der Waals surface area contributed by atoms with Crippen LogP contribution in [0.3, 0.4) is 0 Å². The summed E-state index contributed by atoms with van der Waals surface area (Å²) < 4.78 is 0. The third-order valence-corrected chi connectivity index (χ3v) is 2.69. The Labute approximate surface area is 84.4 Å². The number of aromatic nitrogens is 1. The molecule has 1 N–H and O–H groups in total. The van der Waals surface area contributed by atoms with Crippen molar-refractivity contribution in [3.63, 3.8) is 0 Å². The monoisotopic (exact) mass is 192 g/mol. The maximum atomic E-state index is 9.34. The minimum Gasteiger partial charge on any atom is -0.392 e. The van der Waals surface area contributed by atoms with Gasteiger partial charge in [0.2, 0.25) is 0 Å². The van der Waals surface area contributed by atoms with Gasteiger partial charge in [0.25, 0.3) is 0 Å². The molecule has 3 nitrogen and oxygen atoms in total. The first-order valence-electron chi connectivity index (χ1n) is 5.14. The van der Waals surface area contributed by atoms with Crippen molar-refractivity contribution in [2.24, 2.45) is 0 Å². The largest absolute Gasteiger partial charge is 0.392 e. The van der Waals surface area contributed by atoms with Gasteiger partial charge in [-0.3, -0.25) is 4.98 Å². The molecule has 1 aromatic heterocycles. The van der Waals surface area contributed by atoms with Gasteiger partial charge in [-0.05, 0) is 24.5 Å². The van der Waals surface area contributed by atoms with Gasteiger partial charge in [-0.15, -0.1) is 0 Å². The molecular formula is C11H16N2O. The highest BCUT2D eigenvalue weighted by Crippen LogP contribution is 2.09. The first kappa shape index (κ1) is 9.62. The van der Waals surface area contributed by atoms with Crippen molar-refractivity contribution < 1.29 is 5.11 Å². The molecule has 0 bridgehead atoms. The zero-order valence-corrected chi connectivity index (χ0v) is 8.26. The van der Waals surface area contributed by atoms with E-state index in [-0.39, 0.29) is 6.10 Å². The molecule has 1 saturated heterocycles. The summed E-state index contributed by atoms with van der Waals surface area (Å²) in [6, 6.07) is 4.06. The van der Waals surface area contributed by atoms with Crippen LogP contribution in [0.25, 0.3) is 0 Å². The van der Waals surface area contributed by atoms with E-state index >= 15 is 0 Å². The SMILES string of the molecule is O[C@@H]1CCN(CCc2cccnc2)C1. The number of β-amino-alcohol motifs (C(OH)–C–C–N with tert-alkyl or cyclic N) is 1. The lowest BCUT2D eigenvalue weighted by molar-refractivity contribution is 0.177. The molecule has 2 rings (SSSR count). The maximum Gasteiger partial charge on any atom is 0.0679 e. The van der Waals surface area contributed by atoms with Crippen LogP contribution in [0, 0.1) is 0 Å². The molecule has 1 aliphatic rings. The fourth-order valence-electron chi connectivity index (χ4n) is 1.85. The Morgan fingerprint density at radius 1 is 1.57 bits per heavy atom. The van der Waals surface area contributed by atoms with Crippen molar-refractivity contribution >= 4 is 0 Å². The minimum atomic E-state index is -0.108. The second kappa shape index (κ2) is 4.53. The molecule has 76 valence electrons. The summed E-state index contributed by atoms with van der Waals surface area (Å²) in [6.45, 7) is 2.89. The number of aliphatic hydroxyl groups is 1. The molecule has 14 heavy (non-hydrogen) atoms. The maximum absolute atomic E-state index is 9.34. The summed E-state index contributed by atoms with van der Waals surface area (Å²) >= 11 is 0. The van der Waals surface area contributed by atoms with Crippen LogP contribution in [0.1, 0.15) is 12.0 Å². The Bertz CT molecular complexity index is 276. The van der Waals surface area contributed by atoms with E-state index in [1.807, 2.05) is 12.3 Å². The third kappa shape index (κ3) is 2.53. The van der Waals surface area contributed by atoms with Crippen LogP contribution in [-0.2, 0) is 6.42 Å². The first-order chi connectivity index (χ1) is 6.84. The second-order valence-electron chi connectivity index (χ2n) is 3.85. The fraction of sp³-hybridized carbons (Fsp3) is 0.545. The summed E-state index contributed by atoms with van der Waals surface area (Å²) in [5, 5.41) is 9.34. The molecule has 3 heteroatoms. The van der Waals surface area contributed by atoms with E-state index in [4.69, 9.17) is 0 Å². The van der Waals surface area contributed by atoms with Gasteiger partial charge in [0.05, 0.1) is 6.10 Å². The Hall–Kier alpha value is -0.930. The van der Waals surface area contributed by atoms with Crippen LogP contribution in [-0.4, -0.2) is 40.7 Å². The van der Waals surface area contributed by atoms with Crippen LogP contribution in [0.5, 0.6) is 0 Å². The van der Waals surface area contributed by atoms with E-state index in [1.54, 1.807) is 6.20 Å². The van der Waals surface area contributed by atoms with Crippen LogP contribution >= 0.6 is 0 Å². The topological polar surface area (TPSA) is 36.4 Å². The number of nitrogens with zero attached hydrogens (tertiary/aromatic N) is 2. The van der Waals surface area contributed by atoms with E-state index in [2.05, 4.69) is 16.0 Å². The van der Waals surface area contributed by atoms with Crippen molar-refractivity contribution in [1.29, 1.82) is 0 Å². The van der Waals surface area contributed by atoms with Gasteiger partial charge in [-0.1, -0.05) is 6.07 Å². The Morgan fingerprint density at radius 3 is 3.14 bits per heavy atom. The molecule has 1 aliphatic heterocycles. The second-order valence-corrected chi connectivity index (χ2v) is 3.85. The smallest absolute Gasteiger partial charge is 0.0679 e. The summed E-state index contributed by atoms with van der Waals surface area (Å²) in [7, 11) is 0. The van der Waals surface area contributed by atoms with Crippen molar-refractivity contribution in [1.82, 2.24) is 9.88 Å². The van der Waals surface area contributed by atoms with Gasteiger partial charge < -0.3 is 10.0 Å². The molecule has 1 atom stereocenters. The summed E-state index contributed by atoms with van der Waals surface area (Å²) in [4.78, 5) is 6.38. The van der Waals surface area contributed by atoms with Crippen molar-refractivity contribution in [3.8, 4) is 0 Å². The molecule has 1 fully saturated rings. The number of rotatable bonds is 3. The Balaban J connectivity index is 1.78.